The Labute approximate surface area is 99.3 Å². The minimum atomic E-state index is 0.714. The first kappa shape index (κ1) is 9.85. The van der Waals surface area contributed by atoms with Gasteiger partial charge in [-0.3, -0.25) is 0 Å². The van der Waals surface area contributed by atoms with Crippen LogP contribution in [0.1, 0.15) is 0 Å². The number of hydrogen-bond donors (Lipinski definition) is 1. The van der Waals surface area contributed by atoms with E-state index in [1.165, 1.54) is 0 Å². The molecule has 3 rings (SSSR count). The number of nitrogen functional groups attached to an aromatic ring is 1. The van der Waals surface area contributed by atoms with Gasteiger partial charge < -0.3 is 5.73 Å². The first-order chi connectivity index (χ1) is 8.33. The van der Waals surface area contributed by atoms with E-state index in [1.54, 1.807) is 0 Å². The van der Waals surface area contributed by atoms with Crippen molar-refractivity contribution >= 4 is 16.7 Å². The molecule has 0 saturated heterocycles. The maximum absolute atomic E-state index is 5.85. The lowest BCUT2D eigenvalue weighted by Gasteiger charge is -1.93. The Balaban J connectivity index is 2.19. The molecule has 17 heavy (non-hydrogen) atoms. The van der Waals surface area contributed by atoms with Crippen molar-refractivity contribution in [2.45, 2.75) is 0 Å². The van der Waals surface area contributed by atoms with Crippen molar-refractivity contribution in [1.82, 2.24) is 0 Å². The number of nitrogens with two attached hydrogens (primary N) is 1. The van der Waals surface area contributed by atoms with Crippen molar-refractivity contribution < 1.29 is 4.42 Å². The molecule has 0 bridgehead atoms. The Kier molecular flexibility index (Phi) is 2.26. The van der Waals surface area contributed by atoms with Crippen LogP contribution in [0.5, 0.6) is 0 Å². The molecule has 0 aliphatic rings. The highest BCUT2D eigenvalue weighted by Crippen LogP contribution is 2.25. The van der Waals surface area contributed by atoms with Gasteiger partial charge in [0.25, 0.3) is 0 Å². The van der Waals surface area contributed by atoms with E-state index < -0.39 is 0 Å². The van der Waals surface area contributed by atoms with Crippen molar-refractivity contribution in [3.8, 4) is 11.3 Å². The minimum Gasteiger partial charge on any atom is -0.398 e. The number of anilines is 1. The summed E-state index contributed by atoms with van der Waals surface area (Å²) >= 11 is 0. The van der Waals surface area contributed by atoms with E-state index >= 15 is 0 Å². The molecule has 2 heteroatoms. The van der Waals surface area contributed by atoms with Crippen molar-refractivity contribution in [3.05, 3.63) is 60.7 Å². The summed E-state index contributed by atoms with van der Waals surface area (Å²) in [4.78, 5) is 0. The second-order valence-electron chi connectivity index (χ2n) is 3.96. The zero-order valence-corrected chi connectivity index (χ0v) is 9.26. The van der Waals surface area contributed by atoms with Crippen LogP contribution in [-0.4, -0.2) is 0 Å². The lowest BCUT2D eigenvalue weighted by molar-refractivity contribution is 0.620. The zero-order chi connectivity index (χ0) is 11.7. The van der Waals surface area contributed by atoms with Gasteiger partial charge in [0.15, 0.2) is 0 Å². The SMILES string of the molecule is Nc1ccc2ccc(-c3ccccc3)[o+]c2c1. The third-order valence-electron chi connectivity index (χ3n) is 2.73. The molecular formula is C15H12NO+. The van der Waals surface area contributed by atoms with Gasteiger partial charge in [0.1, 0.15) is 0 Å². The highest BCUT2D eigenvalue weighted by Gasteiger charge is 2.13. The predicted octanol–water partition coefficient (Wildman–Crippen LogP) is 3.96. The van der Waals surface area contributed by atoms with Crippen molar-refractivity contribution in [1.29, 1.82) is 0 Å². The van der Waals surface area contributed by atoms with Crippen LogP contribution in [0.3, 0.4) is 0 Å². The molecule has 0 aliphatic heterocycles. The predicted molar refractivity (Wildman–Crippen MR) is 70.5 cm³/mol. The molecule has 0 saturated carbocycles. The Morgan fingerprint density at radius 3 is 2.41 bits per heavy atom. The van der Waals surface area contributed by atoms with E-state index in [1.807, 2.05) is 60.7 Å². The molecule has 0 radical (unpaired) electrons. The lowest BCUT2D eigenvalue weighted by atomic mass is 10.1. The molecule has 82 valence electrons. The average Bonchev–Trinajstić information content (AvgIpc) is 2.39. The van der Waals surface area contributed by atoms with Gasteiger partial charge in [-0.25, -0.2) is 4.42 Å². The molecule has 1 aromatic heterocycles. The Bertz CT molecular complexity index is 662. The molecular weight excluding hydrogens is 210 g/mol. The molecule has 0 unspecified atom stereocenters. The van der Waals surface area contributed by atoms with Gasteiger partial charge in [0.05, 0.1) is 17.0 Å². The van der Waals surface area contributed by atoms with Gasteiger partial charge in [-0.1, -0.05) is 18.2 Å². The second-order valence-corrected chi connectivity index (χ2v) is 3.96. The maximum atomic E-state index is 5.85. The van der Waals surface area contributed by atoms with Gasteiger partial charge >= 0.3 is 11.3 Å². The molecule has 2 N–H and O–H groups in total. The molecule has 0 amide bonds. The standard InChI is InChI=1S/C15H12NO/c16-13-8-6-12-7-9-14(17-15(12)10-13)11-4-2-1-3-5-11/h1-10H,16H2/q+1. The van der Waals surface area contributed by atoms with Gasteiger partial charge in [-0.05, 0) is 30.3 Å². The van der Waals surface area contributed by atoms with Crippen LogP contribution >= 0.6 is 0 Å². The average molecular weight is 222 g/mol. The van der Waals surface area contributed by atoms with E-state index in [9.17, 15) is 0 Å². The van der Waals surface area contributed by atoms with E-state index in [4.69, 9.17) is 10.2 Å². The zero-order valence-electron chi connectivity index (χ0n) is 9.26. The number of rotatable bonds is 1. The fourth-order valence-corrected chi connectivity index (χ4v) is 1.85. The monoisotopic (exact) mass is 222 g/mol. The molecule has 0 aliphatic carbocycles. The summed E-state index contributed by atoms with van der Waals surface area (Å²) in [6.45, 7) is 0. The van der Waals surface area contributed by atoms with Gasteiger partial charge in [-0.15, -0.1) is 0 Å². The maximum Gasteiger partial charge on any atom is 0.362 e. The van der Waals surface area contributed by atoms with Gasteiger partial charge in [0, 0.05) is 11.8 Å². The molecule has 0 atom stereocenters. The third-order valence-corrected chi connectivity index (χ3v) is 2.73. The topological polar surface area (TPSA) is 37.3 Å². The van der Waals surface area contributed by atoms with Crippen LogP contribution < -0.4 is 5.73 Å². The molecule has 3 aromatic rings. The third kappa shape index (κ3) is 1.85. The Morgan fingerprint density at radius 2 is 1.59 bits per heavy atom. The quantitative estimate of drug-likeness (QED) is 0.499. The Hall–Kier alpha value is -2.35. The van der Waals surface area contributed by atoms with Crippen LogP contribution in [0.25, 0.3) is 22.3 Å². The molecule has 2 aromatic carbocycles. The Morgan fingerprint density at radius 1 is 0.824 bits per heavy atom. The lowest BCUT2D eigenvalue weighted by Crippen LogP contribution is -1.84. The smallest absolute Gasteiger partial charge is 0.362 e. The highest BCUT2D eigenvalue weighted by atomic mass is 16.3. The van der Waals surface area contributed by atoms with Crippen molar-refractivity contribution in [2.24, 2.45) is 0 Å². The van der Waals surface area contributed by atoms with Crippen LogP contribution in [0, 0.1) is 0 Å². The van der Waals surface area contributed by atoms with Crippen molar-refractivity contribution in [3.63, 3.8) is 0 Å². The normalized spacial score (nSPS) is 10.6. The molecule has 1 heterocycles. The summed E-state index contributed by atoms with van der Waals surface area (Å²) < 4.78 is 5.85. The summed E-state index contributed by atoms with van der Waals surface area (Å²) in [5.41, 5.74) is 8.34. The number of benzene rings is 2. The number of hydrogen-bond acceptors (Lipinski definition) is 1. The van der Waals surface area contributed by atoms with E-state index in [-0.39, 0.29) is 0 Å². The summed E-state index contributed by atoms with van der Waals surface area (Å²) in [5.74, 6) is 0.851. The first-order valence-corrected chi connectivity index (χ1v) is 5.51. The van der Waals surface area contributed by atoms with E-state index in [0.717, 1.165) is 22.3 Å². The molecule has 0 fully saturated rings. The number of fused-ring (bicyclic) bond motifs is 1. The van der Waals surface area contributed by atoms with E-state index in [0.29, 0.717) is 5.69 Å². The van der Waals surface area contributed by atoms with Gasteiger partial charge in [0.2, 0.25) is 0 Å². The fraction of sp³-hybridized carbons (Fsp3) is 0. The van der Waals surface area contributed by atoms with Gasteiger partial charge in [-0.2, -0.15) is 0 Å². The summed E-state index contributed by atoms with van der Waals surface area (Å²) in [6, 6.07) is 19.7. The highest BCUT2D eigenvalue weighted by molar-refractivity contribution is 5.81. The molecule has 0 spiro atoms. The summed E-state index contributed by atoms with van der Waals surface area (Å²) in [6.07, 6.45) is 0. The van der Waals surface area contributed by atoms with Crippen molar-refractivity contribution in [2.75, 3.05) is 5.73 Å². The largest absolute Gasteiger partial charge is 0.398 e. The second kappa shape index (κ2) is 3.91. The van der Waals surface area contributed by atoms with Crippen LogP contribution in [0.15, 0.2) is 65.1 Å². The summed E-state index contributed by atoms with van der Waals surface area (Å²) in [5, 5.41) is 1.05. The van der Waals surface area contributed by atoms with Crippen LogP contribution in [0.4, 0.5) is 5.69 Å². The summed E-state index contributed by atoms with van der Waals surface area (Å²) in [7, 11) is 0. The first-order valence-electron chi connectivity index (χ1n) is 5.51. The molecule has 2 nitrogen and oxygen atoms in total. The minimum absolute atomic E-state index is 0.714. The fourth-order valence-electron chi connectivity index (χ4n) is 1.85. The van der Waals surface area contributed by atoms with Crippen LogP contribution in [0.2, 0.25) is 0 Å². The van der Waals surface area contributed by atoms with E-state index in [2.05, 4.69) is 0 Å². The van der Waals surface area contributed by atoms with Crippen LogP contribution in [-0.2, 0) is 0 Å².